The van der Waals surface area contributed by atoms with Gasteiger partial charge in [0.25, 0.3) is 5.91 Å². The number of carbonyl (C=O) groups is 1. The van der Waals surface area contributed by atoms with Crippen molar-refractivity contribution in [2.24, 2.45) is 0 Å². The smallest absolute Gasteiger partial charge is 0.257 e. The molecule has 1 aliphatic heterocycles. The van der Waals surface area contributed by atoms with Gasteiger partial charge in [0.15, 0.2) is 11.5 Å². The summed E-state index contributed by atoms with van der Waals surface area (Å²) in [7, 11) is 3.14. The van der Waals surface area contributed by atoms with Crippen LogP contribution in [0.15, 0.2) is 47.4 Å². The Morgan fingerprint density at radius 2 is 1.93 bits per heavy atom. The van der Waals surface area contributed by atoms with E-state index in [9.17, 15) is 9.59 Å². The van der Waals surface area contributed by atoms with E-state index in [0.717, 1.165) is 23.1 Å². The Hall–Kier alpha value is -3.28. The van der Waals surface area contributed by atoms with Gasteiger partial charge in [0.2, 0.25) is 5.43 Å². The molecular weight excluding hydrogens is 368 g/mol. The summed E-state index contributed by atoms with van der Waals surface area (Å²) in [5.74, 6) is 0.828. The molecule has 6 nitrogen and oxygen atoms in total. The number of pyridine rings is 1. The summed E-state index contributed by atoms with van der Waals surface area (Å²) >= 11 is 0. The molecule has 3 aromatic rings. The first-order valence-corrected chi connectivity index (χ1v) is 9.64. The summed E-state index contributed by atoms with van der Waals surface area (Å²) in [6, 6.07) is 11.1. The average Bonchev–Trinajstić information content (AvgIpc) is 3.05. The molecule has 1 aliphatic rings. The van der Waals surface area contributed by atoms with Crippen LogP contribution in [-0.2, 0) is 6.42 Å². The minimum atomic E-state index is -0.382. The average molecular weight is 392 g/mol. The number of ether oxygens (including phenoxy) is 2. The Bertz CT molecular complexity index is 1170. The molecule has 1 N–H and O–H groups in total. The van der Waals surface area contributed by atoms with Crippen molar-refractivity contribution >= 4 is 16.8 Å². The number of methoxy groups -OCH3 is 2. The molecule has 0 aliphatic carbocycles. The summed E-state index contributed by atoms with van der Waals surface area (Å²) in [5, 5.41) is 3.54. The van der Waals surface area contributed by atoms with Gasteiger partial charge in [-0.2, -0.15) is 0 Å². The molecule has 2 atom stereocenters. The lowest BCUT2D eigenvalue weighted by atomic mass is 10.1. The standard InChI is InChI=1S/C23H24N2O4/c1-13-10-16-6-5-7-17-21(16)25(13)12-18(22(17)26)23(27)24-14(2)15-8-9-19(28-3)20(11-15)29-4/h5-9,11-14H,10H2,1-4H3,(H,24,27). The molecular formula is C23H24N2O4. The Balaban J connectivity index is 1.67. The number of hydrogen-bond acceptors (Lipinski definition) is 4. The van der Waals surface area contributed by atoms with E-state index in [1.54, 1.807) is 32.5 Å². The first kappa shape index (κ1) is 19.1. The number of para-hydroxylation sites is 1. The molecule has 0 bridgehead atoms. The summed E-state index contributed by atoms with van der Waals surface area (Å²) < 4.78 is 12.6. The maximum atomic E-state index is 13.0. The molecule has 0 saturated carbocycles. The van der Waals surface area contributed by atoms with Crippen molar-refractivity contribution in [2.45, 2.75) is 32.4 Å². The van der Waals surface area contributed by atoms with Gasteiger partial charge in [0.05, 0.1) is 25.8 Å². The van der Waals surface area contributed by atoms with Crippen molar-refractivity contribution in [3.05, 3.63) is 69.5 Å². The van der Waals surface area contributed by atoms with Crippen molar-refractivity contribution in [1.29, 1.82) is 0 Å². The van der Waals surface area contributed by atoms with E-state index in [1.165, 1.54) is 0 Å². The van der Waals surface area contributed by atoms with E-state index in [-0.39, 0.29) is 29.0 Å². The van der Waals surface area contributed by atoms with Gasteiger partial charge in [0, 0.05) is 17.6 Å². The highest BCUT2D eigenvalue weighted by atomic mass is 16.5. The number of nitrogens with zero attached hydrogens (tertiary/aromatic N) is 1. The Labute approximate surface area is 169 Å². The van der Waals surface area contributed by atoms with Crippen molar-refractivity contribution in [3.63, 3.8) is 0 Å². The molecule has 29 heavy (non-hydrogen) atoms. The third-order valence-electron chi connectivity index (χ3n) is 5.63. The van der Waals surface area contributed by atoms with Gasteiger partial charge in [-0.25, -0.2) is 0 Å². The highest BCUT2D eigenvalue weighted by Gasteiger charge is 2.25. The molecule has 1 amide bonds. The Kier molecular flexibility index (Phi) is 4.78. The quantitative estimate of drug-likeness (QED) is 0.720. The second-order valence-electron chi connectivity index (χ2n) is 7.46. The number of aromatic nitrogens is 1. The largest absolute Gasteiger partial charge is 0.493 e. The maximum Gasteiger partial charge on any atom is 0.257 e. The number of carbonyl (C=O) groups excluding carboxylic acids is 1. The van der Waals surface area contributed by atoms with Gasteiger partial charge in [-0.05, 0) is 49.6 Å². The van der Waals surface area contributed by atoms with Crippen LogP contribution in [0.2, 0.25) is 0 Å². The maximum absolute atomic E-state index is 13.0. The molecule has 0 radical (unpaired) electrons. The second kappa shape index (κ2) is 7.28. The number of rotatable bonds is 5. The molecule has 4 rings (SSSR count). The van der Waals surface area contributed by atoms with Crippen LogP contribution >= 0.6 is 0 Å². The monoisotopic (exact) mass is 392 g/mol. The third-order valence-corrected chi connectivity index (χ3v) is 5.63. The zero-order chi connectivity index (χ0) is 20.7. The minimum Gasteiger partial charge on any atom is -0.493 e. The van der Waals surface area contributed by atoms with Gasteiger partial charge in [-0.15, -0.1) is 0 Å². The zero-order valence-corrected chi connectivity index (χ0v) is 17.0. The fraction of sp³-hybridized carbons (Fsp3) is 0.304. The zero-order valence-electron chi connectivity index (χ0n) is 17.0. The molecule has 0 fully saturated rings. The predicted octanol–water partition coefficient (Wildman–Crippen LogP) is 3.63. The summed E-state index contributed by atoms with van der Waals surface area (Å²) in [6.07, 6.45) is 2.56. The van der Waals surface area contributed by atoms with Crippen molar-refractivity contribution in [1.82, 2.24) is 9.88 Å². The second-order valence-corrected chi connectivity index (χ2v) is 7.46. The lowest BCUT2D eigenvalue weighted by Gasteiger charge is -2.17. The molecule has 6 heteroatoms. The first-order valence-electron chi connectivity index (χ1n) is 9.64. The van der Waals surface area contributed by atoms with Crippen LogP contribution in [-0.4, -0.2) is 24.7 Å². The Morgan fingerprint density at radius 3 is 2.66 bits per heavy atom. The van der Waals surface area contributed by atoms with E-state index in [4.69, 9.17) is 9.47 Å². The van der Waals surface area contributed by atoms with Gasteiger partial charge < -0.3 is 19.4 Å². The molecule has 1 aromatic heterocycles. The van der Waals surface area contributed by atoms with Crippen LogP contribution in [0.3, 0.4) is 0 Å². The van der Waals surface area contributed by atoms with Crippen LogP contribution in [0.4, 0.5) is 0 Å². The predicted molar refractivity (Wildman–Crippen MR) is 112 cm³/mol. The van der Waals surface area contributed by atoms with Crippen molar-refractivity contribution in [3.8, 4) is 11.5 Å². The molecule has 0 spiro atoms. The number of hydrogen-bond donors (Lipinski definition) is 1. The SMILES string of the molecule is COc1ccc(C(C)NC(=O)c2cn3c4c(cccc4c2=O)CC3C)cc1OC. The normalized spacial score (nSPS) is 15.9. The molecule has 2 heterocycles. The summed E-state index contributed by atoms with van der Waals surface area (Å²) in [4.78, 5) is 26.0. The van der Waals surface area contributed by atoms with E-state index >= 15 is 0 Å². The first-order chi connectivity index (χ1) is 13.9. The van der Waals surface area contributed by atoms with Gasteiger partial charge in [-0.3, -0.25) is 9.59 Å². The molecule has 2 unspecified atom stereocenters. The summed E-state index contributed by atoms with van der Waals surface area (Å²) in [6.45, 7) is 3.97. The van der Waals surface area contributed by atoms with Gasteiger partial charge >= 0.3 is 0 Å². The van der Waals surface area contributed by atoms with E-state index < -0.39 is 0 Å². The van der Waals surface area contributed by atoms with E-state index in [2.05, 4.69) is 12.2 Å². The van der Waals surface area contributed by atoms with Crippen molar-refractivity contribution < 1.29 is 14.3 Å². The third kappa shape index (κ3) is 3.14. The van der Waals surface area contributed by atoms with Crippen LogP contribution in [0, 0.1) is 0 Å². The minimum absolute atomic E-state index is 0.163. The highest BCUT2D eigenvalue weighted by Crippen LogP contribution is 2.32. The molecule has 150 valence electrons. The van der Waals surface area contributed by atoms with E-state index in [1.807, 2.05) is 35.8 Å². The number of benzene rings is 2. The number of amides is 1. The fourth-order valence-corrected chi connectivity index (χ4v) is 4.06. The van der Waals surface area contributed by atoms with Crippen LogP contribution in [0.1, 0.15) is 47.4 Å². The highest BCUT2D eigenvalue weighted by molar-refractivity contribution is 5.98. The Morgan fingerprint density at radius 1 is 1.17 bits per heavy atom. The molecule has 2 aromatic carbocycles. The van der Waals surface area contributed by atoms with Crippen LogP contribution in [0.5, 0.6) is 11.5 Å². The molecule has 0 saturated heterocycles. The lowest BCUT2D eigenvalue weighted by molar-refractivity contribution is 0.0938. The van der Waals surface area contributed by atoms with Crippen molar-refractivity contribution in [2.75, 3.05) is 14.2 Å². The van der Waals surface area contributed by atoms with Gasteiger partial charge in [0.1, 0.15) is 5.56 Å². The summed E-state index contributed by atoms with van der Waals surface area (Å²) in [5.41, 5.74) is 2.88. The van der Waals surface area contributed by atoms with E-state index in [0.29, 0.717) is 16.9 Å². The lowest BCUT2D eigenvalue weighted by Crippen LogP contribution is -2.31. The number of nitrogens with one attached hydrogen (secondary N) is 1. The van der Waals surface area contributed by atoms with Crippen LogP contribution in [0.25, 0.3) is 10.9 Å². The van der Waals surface area contributed by atoms with Crippen LogP contribution < -0.4 is 20.2 Å². The van der Waals surface area contributed by atoms with Gasteiger partial charge in [-0.1, -0.05) is 18.2 Å². The topological polar surface area (TPSA) is 69.6 Å². The fourth-order valence-electron chi connectivity index (χ4n) is 4.06.